The van der Waals surface area contributed by atoms with E-state index in [2.05, 4.69) is 0 Å². The summed E-state index contributed by atoms with van der Waals surface area (Å²) in [5.41, 5.74) is 6.45. The van der Waals surface area contributed by atoms with E-state index in [1.807, 2.05) is 26.0 Å². The van der Waals surface area contributed by atoms with Crippen molar-refractivity contribution in [1.29, 1.82) is 0 Å². The molecule has 18 heavy (non-hydrogen) atoms. The lowest BCUT2D eigenvalue weighted by molar-refractivity contribution is 0.474. The van der Waals surface area contributed by atoms with E-state index in [0.717, 1.165) is 24.8 Å². The molecule has 2 N–H and O–H groups in total. The molecule has 0 heterocycles. The van der Waals surface area contributed by atoms with Crippen molar-refractivity contribution in [3.8, 4) is 0 Å². The summed E-state index contributed by atoms with van der Waals surface area (Å²) in [6.45, 7) is 3.83. The van der Waals surface area contributed by atoms with Crippen LogP contribution >= 0.6 is 0 Å². The van der Waals surface area contributed by atoms with Gasteiger partial charge >= 0.3 is 0 Å². The molecule has 1 aliphatic carbocycles. The molecule has 4 heteroatoms. The number of sulfone groups is 1. The summed E-state index contributed by atoms with van der Waals surface area (Å²) in [7, 11) is -3.16. The second kappa shape index (κ2) is 4.67. The second-order valence-corrected chi connectivity index (χ2v) is 8.07. The Morgan fingerprint density at radius 2 is 1.89 bits per heavy atom. The molecule has 0 saturated heterocycles. The lowest BCUT2D eigenvalue weighted by atomic mass is 9.96. The molecule has 1 fully saturated rings. The van der Waals surface area contributed by atoms with Gasteiger partial charge in [0, 0.05) is 5.54 Å². The second-order valence-electron chi connectivity index (χ2n) is 5.87. The van der Waals surface area contributed by atoms with Gasteiger partial charge in [0.15, 0.2) is 9.84 Å². The maximum atomic E-state index is 12.5. The molecule has 0 bridgehead atoms. The Morgan fingerprint density at radius 3 is 2.39 bits per heavy atom. The third kappa shape index (κ3) is 2.75. The summed E-state index contributed by atoms with van der Waals surface area (Å²) in [5.74, 6) is 0. The van der Waals surface area contributed by atoms with Crippen LogP contribution < -0.4 is 5.73 Å². The monoisotopic (exact) mass is 267 g/mol. The molecule has 3 nitrogen and oxygen atoms in total. The van der Waals surface area contributed by atoms with Gasteiger partial charge in [-0.25, -0.2) is 8.42 Å². The standard InChI is InChI=1S/C14H21NO2S/c1-14(2,15)10-11-6-3-4-9-13(11)18(16,17)12-7-5-8-12/h3-4,6,9,12H,5,7-8,10,15H2,1-2H3. The Labute approximate surface area is 109 Å². The molecular weight excluding hydrogens is 246 g/mol. The van der Waals surface area contributed by atoms with Crippen LogP contribution in [0.3, 0.4) is 0 Å². The Morgan fingerprint density at radius 1 is 1.28 bits per heavy atom. The van der Waals surface area contributed by atoms with Crippen molar-refractivity contribution < 1.29 is 8.42 Å². The zero-order valence-electron chi connectivity index (χ0n) is 11.0. The SMILES string of the molecule is CC(C)(N)Cc1ccccc1S(=O)(=O)C1CCC1. The Hall–Kier alpha value is -0.870. The number of hydrogen-bond acceptors (Lipinski definition) is 3. The molecule has 0 atom stereocenters. The first kappa shape index (κ1) is 13.6. The van der Waals surface area contributed by atoms with Gasteiger partial charge in [-0.05, 0) is 44.7 Å². The van der Waals surface area contributed by atoms with Gasteiger partial charge in [0.2, 0.25) is 0 Å². The van der Waals surface area contributed by atoms with Crippen LogP contribution in [0.25, 0.3) is 0 Å². The molecule has 0 aliphatic heterocycles. The highest BCUT2D eigenvalue weighted by atomic mass is 32.2. The molecule has 0 aromatic heterocycles. The molecule has 0 spiro atoms. The van der Waals surface area contributed by atoms with Crippen LogP contribution in [-0.2, 0) is 16.3 Å². The van der Waals surface area contributed by atoms with E-state index in [0.29, 0.717) is 11.3 Å². The molecule has 1 aliphatic rings. The normalized spacial score (nSPS) is 17.5. The molecular formula is C14H21NO2S. The summed E-state index contributed by atoms with van der Waals surface area (Å²) < 4.78 is 25.0. The minimum atomic E-state index is -3.16. The largest absolute Gasteiger partial charge is 0.325 e. The topological polar surface area (TPSA) is 60.2 Å². The van der Waals surface area contributed by atoms with Gasteiger partial charge in [-0.15, -0.1) is 0 Å². The fourth-order valence-electron chi connectivity index (χ4n) is 2.28. The summed E-state index contributed by atoms with van der Waals surface area (Å²) in [6, 6.07) is 7.26. The average Bonchev–Trinajstić information content (AvgIpc) is 2.11. The minimum absolute atomic E-state index is 0.181. The quantitative estimate of drug-likeness (QED) is 0.910. The summed E-state index contributed by atoms with van der Waals surface area (Å²) >= 11 is 0. The highest BCUT2D eigenvalue weighted by Crippen LogP contribution is 2.33. The first-order valence-corrected chi connectivity index (χ1v) is 7.96. The van der Waals surface area contributed by atoms with Gasteiger partial charge in [-0.2, -0.15) is 0 Å². The molecule has 2 rings (SSSR count). The highest BCUT2D eigenvalue weighted by Gasteiger charge is 2.34. The number of rotatable bonds is 4. The predicted molar refractivity (Wildman–Crippen MR) is 73.2 cm³/mol. The smallest absolute Gasteiger partial charge is 0.181 e. The van der Waals surface area contributed by atoms with Gasteiger partial charge in [0.25, 0.3) is 0 Å². The van der Waals surface area contributed by atoms with Crippen LogP contribution in [0, 0.1) is 0 Å². The lowest BCUT2D eigenvalue weighted by Gasteiger charge is -2.27. The Kier molecular flexibility index (Phi) is 3.52. The Balaban J connectivity index is 2.38. The third-order valence-corrected chi connectivity index (χ3v) is 5.78. The van der Waals surface area contributed by atoms with Gasteiger partial charge in [0.1, 0.15) is 0 Å². The summed E-state index contributed by atoms with van der Waals surface area (Å²) in [5, 5.41) is -0.181. The maximum Gasteiger partial charge on any atom is 0.181 e. The fourth-order valence-corrected chi connectivity index (χ4v) is 4.37. The van der Waals surface area contributed by atoms with Crippen molar-refractivity contribution in [2.75, 3.05) is 0 Å². The summed E-state index contributed by atoms with van der Waals surface area (Å²) in [6.07, 6.45) is 3.19. The highest BCUT2D eigenvalue weighted by molar-refractivity contribution is 7.92. The van der Waals surface area contributed by atoms with Crippen molar-refractivity contribution in [2.45, 2.75) is 55.2 Å². The first-order chi connectivity index (χ1) is 8.31. The van der Waals surface area contributed by atoms with E-state index >= 15 is 0 Å². The zero-order chi connectivity index (χ0) is 13.4. The van der Waals surface area contributed by atoms with Gasteiger partial charge in [-0.1, -0.05) is 24.6 Å². The van der Waals surface area contributed by atoms with Crippen molar-refractivity contribution in [1.82, 2.24) is 0 Å². The van der Waals surface area contributed by atoms with Gasteiger partial charge < -0.3 is 5.73 Å². The van der Waals surface area contributed by atoms with E-state index in [4.69, 9.17) is 5.73 Å². The third-order valence-electron chi connectivity index (χ3n) is 3.42. The molecule has 0 radical (unpaired) electrons. The molecule has 1 aromatic rings. The zero-order valence-corrected chi connectivity index (χ0v) is 11.8. The fraction of sp³-hybridized carbons (Fsp3) is 0.571. The molecule has 0 unspecified atom stereocenters. The van der Waals surface area contributed by atoms with Gasteiger partial charge in [-0.3, -0.25) is 0 Å². The van der Waals surface area contributed by atoms with Crippen LogP contribution in [0.5, 0.6) is 0 Å². The van der Waals surface area contributed by atoms with Crippen LogP contribution in [-0.4, -0.2) is 19.2 Å². The van der Waals surface area contributed by atoms with Crippen molar-refractivity contribution in [2.24, 2.45) is 5.73 Å². The molecule has 1 saturated carbocycles. The van der Waals surface area contributed by atoms with Gasteiger partial charge in [0.05, 0.1) is 10.1 Å². The minimum Gasteiger partial charge on any atom is -0.325 e. The number of hydrogen-bond donors (Lipinski definition) is 1. The molecule has 100 valence electrons. The van der Waals surface area contributed by atoms with Crippen molar-refractivity contribution in [3.05, 3.63) is 29.8 Å². The maximum absolute atomic E-state index is 12.5. The van der Waals surface area contributed by atoms with Crippen LogP contribution in [0.15, 0.2) is 29.2 Å². The van der Waals surface area contributed by atoms with Crippen LogP contribution in [0.4, 0.5) is 0 Å². The van der Waals surface area contributed by atoms with Crippen LogP contribution in [0.1, 0.15) is 38.7 Å². The lowest BCUT2D eigenvalue weighted by Crippen LogP contribution is -2.36. The number of nitrogens with two attached hydrogens (primary N) is 1. The number of benzene rings is 1. The van der Waals surface area contributed by atoms with E-state index in [1.54, 1.807) is 12.1 Å². The predicted octanol–water partition coefficient (Wildman–Crippen LogP) is 2.29. The van der Waals surface area contributed by atoms with Crippen molar-refractivity contribution in [3.63, 3.8) is 0 Å². The summed E-state index contributed by atoms with van der Waals surface area (Å²) in [4.78, 5) is 0.480. The Bertz CT molecular complexity index is 525. The van der Waals surface area contributed by atoms with Crippen LogP contribution in [0.2, 0.25) is 0 Å². The molecule has 1 aromatic carbocycles. The molecule has 0 amide bonds. The van der Waals surface area contributed by atoms with E-state index < -0.39 is 15.4 Å². The van der Waals surface area contributed by atoms with Crippen molar-refractivity contribution >= 4 is 9.84 Å². The van der Waals surface area contributed by atoms with E-state index in [1.165, 1.54) is 0 Å². The van der Waals surface area contributed by atoms with E-state index in [-0.39, 0.29) is 5.25 Å². The van der Waals surface area contributed by atoms with E-state index in [9.17, 15) is 8.42 Å². The first-order valence-electron chi connectivity index (χ1n) is 6.41. The average molecular weight is 267 g/mol.